The van der Waals surface area contributed by atoms with Gasteiger partial charge < -0.3 is 5.11 Å². The van der Waals surface area contributed by atoms with Crippen LogP contribution >= 0.6 is 0 Å². The summed E-state index contributed by atoms with van der Waals surface area (Å²) in [7, 11) is -4.35. The summed E-state index contributed by atoms with van der Waals surface area (Å²) in [5.41, 5.74) is 0. The highest BCUT2D eigenvalue weighted by molar-refractivity contribution is 7.87. The Kier molecular flexibility index (Phi) is 8.00. The van der Waals surface area contributed by atoms with Gasteiger partial charge in [-0.05, 0) is 19.8 Å². The van der Waals surface area contributed by atoms with Gasteiger partial charge in [-0.2, -0.15) is 8.42 Å². The molecule has 0 radical (unpaired) electrons. The van der Waals surface area contributed by atoms with Crippen molar-refractivity contribution in [3.63, 3.8) is 0 Å². The molecule has 0 aliphatic heterocycles. The maximum absolute atomic E-state index is 10.8. The van der Waals surface area contributed by atoms with Gasteiger partial charge in [0.25, 0.3) is 10.1 Å². The zero-order valence-electron chi connectivity index (χ0n) is 11.0. The van der Waals surface area contributed by atoms with Crippen molar-refractivity contribution in [3.05, 3.63) is 0 Å². The molecular weight excluding hydrogens is 240 g/mol. The van der Waals surface area contributed by atoms with Crippen LogP contribution in [0.2, 0.25) is 0 Å². The number of hydrogen-bond donors (Lipinski definition) is 2. The van der Waals surface area contributed by atoms with Crippen molar-refractivity contribution < 1.29 is 18.1 Å². The van der Waals surface area contributed by atoms with Crippen LogP contribution in [0.25, 0.3) is 0 Å². The van der Waals surface area contributed by atoms with E-state index in [1.165, 1.54) is 25.7 Å². The van der Waals surface area contributed by atoms with Crippen LogP contribution in [0.4, 0.5) is 0 Å². The lowest BCUT2D eigenvalue weighted by atomic mass is 10.1. The van der Waals surface area contributed by atoms with Crippen LogP contribution < -0.4 is 0 Å². The Morgan fingerprint density at radius 2 is 1.35 bits per heavy atom. The molecule has 4 nitrogen and oxygen atoms in total. The maximum Gasteiger partial charge on any atom is 0.294 e. The normalized spacial score (nSPS) is 15.8. The third kappa shape index (κ3) is 7.73. The van der Waals surface area contributed by atoms with Gasteiger partial charge in [0, 0.05) is 0 Å². The molecule has 0 heterocycles. The lowest BCUT2D eigenvalue weighted by molar-refractivity contribution is 0.119. The highest BCUT2D eigenvalue weighted by Crippen LogP contribution is 2.20. The van der Waals surface area contributed by atoms with Crippen molar-refractivity contribution in [2.24, 2.45) is 0 Å². The van der Waals surface area contributed by atoms with E-state index in [1.807, 2.05) is 0 Å². The monoisotopic (exact) mass is 266 g/mol. The zero-order chi connectivity index (χ0) is 13.4. The smallest absolute Gasteiger partial charge is 0.294 e. The fourth-order valence-electron chi connectivity index (χ4n) is 1.72. The molecule has 0 aliphatic rings. The summed E-state index contributed by atoms with van der Waals surface area (Å²) in [4.78, 5) is -1.99. The minimum Gasteiger partial charge on any atom is -0.373 e. The second-order valence-electron chi connectivity index (χ2n) is 4.87. The van der Waals surface area contributed by atoms with Gasteiger partial charge in [0.15, 0.2) is 4.93 Å². The first kappa shape index (κ1) is 16.9. The molecule has 0 aromatic heterocycles. The predicted molar refractivity (Wildman–Crippen MR) is 69.4 cm³/mol. The lowest BCUT2D eigenvalue weighted by Gasteiger charge is -2.19. The standard InChI is InChI=1S/C12H26O4S/c1-3-4-5-6-7-8-9-10-11-12(2,13)17(14,15)16/h13H,3-11H2,1-2H3,(H,14,15,16). The molecule has 1 atom stereocenters. The van der Waals surface area contributed by atoms with Crippen LogP contribution in [0.3, 0.4) is 0 Å². The Morgan fingerprint density at radius 3 is 1.76 bits per heavy atom. The molecule has 0 aromatic rings. The van der Waals surface area contributed by atoms with E-state index in [9.17, 15) is 13.5 Å². The molecule has 1 unspecified atom stereocenters. The van der Waals surface area contributed by atoms with Gasteiger partial charge >= 0.3 is 0 Å². The molecule has 0 bridgehead atoms. The molecule has 17 heavy (non-hydrogen) atoms. The molecule has 0 fully saturated rings. The van der Waals surface area contributed by atoms with Gasteiger partial charge in [0.2, 0.25) is 0 Å². The second-order valence-corrected chi connectivity index (χ2v) is 6.70. The molecule has 5 heteroatoms. The van der Waals surface area contributed by atoms with E-state index in [0.717, 1.165) is 26.2 Å². The first-order valence-electron chi connectivity index (χ1n) is 6.50. The molecule has 104 valence electrons. The minimum atomic E-state index is -4.35. The third-order valence-electron chi connectivity index (χ3n) is 3.05. The highest BCUT2D eigenvalue weighted by Gasteiger charge is 2.34. The number of rotatable bonds is 10. The van der Waals surface area contributed by atoms with E-state index in [-0.39, 0.29) is 6.42 Å². The molecule has 0 aromatic carbocycles. The average Bonchev–Trinajstić information content (AvgIpc) is 2.20. The SMILES string of the molecule is CCCCCCCCCCC(C)(O)S(=O)(=O)O. The van der Waals surface area contributed by atoms with E-state index in [2.05, 4.69) is 6.92 Å². The van der Waals surface area contributed by atoms with Gasteiger partial charge in [-0.15, -0.1) is 0 Å². The Bertz CT molecular complexity index is 283. The topological polar surface area (TPSA) is 74.6 Å². The molecular formula is C12H26O4S. The van der Waals surface area contributed by atoms with Crippen molar-refractivity contribution in [2.45, 2.75) is 76.6 Å². The second kappa shape index (κ2) is 8.06. The summed E-state index contributed by atoms with van der Waals surface area (Å²) >= 11 is 0. The first-order valence-corrected chi connectivity index (χ1v) is 7.94. The molecule has 0 aliphatic carbocycles. The van der Waals surface area contributed by atoms with Gasteiger partial charge in [0.05, 0.1) is 0 Å². The van der Waals surface area contributed by atoms with E-state index in [1.54, 1.807) is 0 Å². The summed E-state index contributed by atoms with van der Waals surface area (Å²) in [6.07, 6.45) is 8.84. The summed E-state index contributed by atoms with van der Waals surface area (Å²) in [5, 5.41) is 9.49. The Labute approximate surface area is 105 Å². The fraction of sp³-hybridized carbons (Fsp3) is 1.00. The molecule has 2 N–H and O–H groups in total. The van der Waals surface area contributed by atoms with Crippen LogP contribution in [0, 0.1) is 0 Å². The van der Waals surface area contributed by atoms with Crippen LogP contribution in [-0.4, -0.2) is 23.0 Å². The highest BCUT2D eigenvalue weighted by atomic mass is 32.2. The van der Waals surface area contributed by atoms with Crippen molar-refractivity contribution in [1.29, 1.82) is 0 Å². The van der Waals surface area contributed by atoms with Gasteiger partial charge in [-0.25, -0.2) is 0 Å². The molecule has 0 saturated heterocycles. The Morgan fingerprint density at radius 1 is 0.941 bits per heavy atom. The van der Waals surface area contributed by atoms with Gasteiger partial charge in [0.1, 0.15) is 0 Å². The van der Waals surface area contributed by atoms with Crippen LogP contribution in [0.1, 0.15) is 71.6 Å². The third-order valence-corrected chi connectivity index (χ3v) is 4.37. The summed E-state index contributed by atoms with van der Waals surface area (Å²) in [6.45, 7) is 3.32. The summed E-state index contributed by atoms with van der Waals surface area (Å²) in [5.74, 6) is 0. The molecule has 0 spiro atoms. The van der Waals surface area contributed by atoms with Crippen LogP contribution in [0.5, 0.6) is 0 Å². The Balaban J connectivity index is 3.52. The number of hydrogen-bond acceptors (Lipinski definition) is 3. The summed E-state index contributed by atoms with van der Waals surface area (Å²) in [6, 6.07) is 0. The molecule has 0 saturated carbocycles. The quantitative estimate of drug-likeness (QED) is 0.470. The Hall–Kier alpha value is -0.130. The maximum atomic E-state index is 10.8. The minimum absolute atomic E-state index is 0.0980. The van der Waals surface area contributed by atoms with Crippen molar-refractivity contribution in [2.75, 3.05) is 0 Å². The lowest BCUT2D eigenvalue weighted by Crippen LogP contribution is -2.34. The number of unbranched alkanes of at least 4 members (excludes halogenated alkanes) is 7. The van der Waals surface area contributed by atoms with E-state index >= 15 is 0 Å². The first-order chi connectivity index (χ1) is 7.81. The largest absolute Gasteiger partial charge is 0.373 e. The van der Waals surface area contributed by atoms with Crippen LogP contribution in [0.15, 0.2) is 0 Å². The van der Waals surface area contributed by atoms with Crippen molar-refractivity contribution in [1.82, 2.24) is 0 Å². The van der Waals surface area contributed by atoms with E-state index in [4.69, 9.17) is 4.55 Å². The number of aliphatic hydroxyl groups is 1. The van der Waals surface area contributed by atoms with E-state index in [0.29, 0.717) is 6.42 Å². The van der Waals surface area contributed by atoms with Gasteiger partial charge in [-0.1, -0.05) is 51.9 Å². The average molecular weight is 266 g/mol. The summed E-state index contributed by atoms with van der Waals surface area (Å²) < 4.78 is 30.4. The molecule has 0 rings (SSSR count). The molecule has 0 amide bonds. The fourth-order valence-corrected chi connectivity index (χ4v) is 2.12. The van der Waals surface area contributed by atoms with Crippen molar-refractivity contribution >= 4 is 10.1 Å². The van der Waals surface area contributed by atoms with Crippen molar-refractivity contribution in [3.8, 4) is 0 Å². The van der Waals surface area contributed by atoms with E-state index < -0.39 is 15.1 Å². The van der Waals surface area contributed by atoms with Crippen LogP contribution in [-0.2, 0) is 10.1 Å². The zero-order valence-corrected chi connectivity index (χ0v) is 11.8. The predicted octanol–water partition coefficient (Wildman–Crippen LogP) is 3.11. The van der Waals surface area contributed by atoms with Gasteiger partial charge in [-0.3, -0.25) is 4.55 Å².